The molecule has 3 aliphatic rings. The minimum Gasteiger partial charge on any atom is -0.381 e. The Labute approximate surface area is 126 Å². The van der Waals surface area contributed by atoms with Crippen LogP contribution in [0.5, 0.6) is 0 Å². The average molecular weight is 294 g/mol. The number of carbonyl (C=O) groups is 2. The third-order valence-corrected chi connectivity index (χ3v) is 5.34. The molecule has 3 rings (SSSR count). The first-order valence-electron chi connectivity index (χ1n) is 8.28. The Balaban J connectivity index is 1.68. The molecule has 5 nitrogen and oxygen atoms in total. The van der Waals surface area contributed by atoms with Crippen LogP contribution in [0.4, 0.5) is 0 Å². The van der Waals surface area contributed by atoms with Gasteiger partial charge in [-0.15, -0.1) is 0 Å². The van der Waals surface area contributed by atoms with E-state index in [4.69, 9.17) is 4.74 Å². The van der Waals surface area contributed by atoms with Crippen LogP contribution in [0.3, 0.4) is 0 Å². The Bertz CT molecular complexity index is 396. The summed E-state index contributed by atoms with van der Waals surface area (Å²) in [5.41, 5.74) is 0. The van der Waals surface area contributed by atoms with Gasteiger partial charge in [0.2, 0.25) is 11.8 Å². The van der Waals surface area contributed by atoms with Crippen LogP contribution in [-0.2, 0) is 14.3 Å². The molecule has 0 spiro atoms. The number of nitrogens with one attached hydrogen (secondary N) is 1. The topological polar surface area (TPSA) is 58.6 Å². The number of amides is 2. The molecule has 2 amide bonds. The molecule has 5 heteroatoms. The molecule has 1 saturated carbocycles. The van der Waals surface area contributed by atoms with Crippen molar-refractivity contribution in [1.29, 1.82) is 0 Å². The average Bonchev–Trinajstić information content (AvgIpc) is 3.14. The molecule has 4 atom stereocenters. The zero-order chi connectivity index (χ0) is 15.0. The number of rotatable bonds is 5. The van der Waals surface area contributed by atoms with Crippen LogP contribution in [0, 0.1) is 23.7 Å². The lowest BCUT2D eigenvalue weighted by molar-refractivity contribution is -0.141. The number of ether oxygens (including phenoxy) is 1. The van der Waals surface area contributed by atoms with Crippen LogP contribution in [0.1, 0.15) is 33.1 Å². The predicted octanol–water partition coefficient (Wildman–Crippen LogP) is 1.03. The van der Waals surface area contributed by atoms with Crippen molar-refractivity contribution < 1.29 is 14.3 Å². The normalized spacial score (nSPS) is 37.3. The van der Waals surface area contributed by atoms with E-state index in [2.05, 4.69) is 19.2 Å². The van der Waals surface area contributed by atoms with Crippen molar-refractivity contribution in [3.63, 3.8) is 0 Å². The standard InChI is InChI=1S/C16H26N2O3/c1-3-17-14(11-4-5-21-9-11)8-18-15(19)12-6-10(2)7-13(12)16(18)20/h10-14,17H,3-9H2,1-2H3. The van der Waals surface area contributed by atoms with Gasteiger partial charge in [-0.1, -0.05) is 13.8 Å². The van der Waals surface area contributed by atoms with Gasteiger partial charge in [-0.3, -0.25) is 14.5 Å². The number of fused-ring (bicyclic) bond motifs is 1. The number of likely N-dealkylation sites (N-methyl/N-ethyl adjacent to an activating group) is 1. The van der Waals surface area contributed by atoms with Gasteiger partial charge in [0.1, 0.15) is 0 Å². The largest absolute Gasteiger partial charge is 0.381 e. The van der Waals surface area contributed by atoms with Crippen molar-refractivity contribution in [2.75, 3.05) is 26.3 Å². The van der Waals surface area contributed by atoms with E-state index in [1.807, 2.05) is 0 Å². The number of carbonyl (C=O) groups excluding carboxylic acids is 2. The van der Waals surface area contributed by atoms with Crippen LogP contribution in [-0.4, -0.2) is 49.1 Å². The summed E-state index contributed by atoms with van der Waals surface area (Å²) in [6, 6.07) is 0.168. The van der Waals surface area contributed by atoms with E-state index in [1.165, 1.54) is 4.90 Å². The number of nitrogens with zero attached hydrogens (tertiary/aromatic N) is 1. The SMILES string of the molecule is CCNC(CN1C(=O)C2CC(C)CC2C1=O)C1CCOC1. The molecular weight excluding hydrogens is 268 g/mol. The van der Waals surface area contributed by atoms with E-state index in [9.17, 15) is 9.59 Å². The van der Waals surface area contributed by atoms with Gasteiger partial charge in [0.15, 0.2) is 0 Å². The number of imide groups is 1. The van der Waals surface area contributed by atoms with Crippen molar-refractivity contribution >= 4 is 11.8 Å². The molecule has 21 heavy (non-hydrogen) atoms. The highest BCUT2D eigenvalue weighted by Gasteiger charge is 2.52. The first kappa shape index (κ1) is 15.0. The summed E-state index contributed by atoms with van der Waals surface area (Å²) >= 11 is 0. The molecule has 1 aliphatic carbocycles. The van der Waals surface area contributed by atoms with E-state index in [0.717, 1.165) is 39.0 Å². The predicted molar refractivity (Wildman–Crippen MR) is 78.5 cm³/mol. The second-order valence-electron chi connectivity index (χ2n) is 6.86. The Kier molecular flexibility index (Phi) is 4.31. The Hall–Kier alpha value is -0.940. The van der Waals surface area contributed by atoms with Crippen LogP contribution in [0.25, 0.3) is 0 Å². The summed E-state index contributed by atoms with van der Waals surface area (Å²) in [7, 11) is 0. The maximum atomic E-state index is 12.5. The summed E-state index contributed by atoms with van der Waals surface area (Å²) < 4.78 is 5.46. The fraction of sp³-hybridized carbons (Fsp3) is 0.875. The number of hydrogen-bond donors (Lipinski definition) is 1. The maximum absolute atomic E-state index is 12.5. The summed E-state index contributed by atoms with van der Waals surface area (Å²) in [5.74, 6) is 0.948. The van der Waals surface area contributed by atoms with E-state index < -0.39 is 0 Å². The van der Waals surface area contributed by atoms with Crippen molar-refractivity contribution in [2.24, 2.45) is 23.7 Å². The molecule has 4 unspecified atom stereocenters. The lowest BCUT2D eigenvalue weighted by atomic mass is 9.98. The minimum absolute atomic E-state index is 0.0467. The summed E-state index contributed by atoms with van der Waals surface area (Å²) in [6.07, 6.45) is 2.77. The fourth-order valence-electron chi connectivity index (χ4n) is 4.24. The van der Waals surface area contributed by atoms with Crippen molar-refractivity contribution in [3.8, 4) is 0 Å². The first-order chi connectivity index (χ1) is 10.1. The highest BCUT2D eigenvalue weighted by Crippen LogP contribution is 2.43. The fourth-order valence-corrected chi connectivity index (χ4v) is 4.24. The molecule has 0 bridgehead atoms. The van der Waals surface area contributed by atoms with Gasteiger partial charge in [-0.25, -0.2) is 0 Å². The van der Waals surface area contributed by atoms with Gasteiger partial charge in [0.05, 0.1) is 18.4 Å². The summed E-state index contributed by atoms with van der Waals surface area (Å²) in [4.78, 5) is 26.6. The van der Waals surface area contributed by atoms with E-state index in [0.29, 0.717) is 18.4 Å². The molecule has 0 radical (unpaired) electrons. The molecule has 118 valence electrons. The number of hydrogen-bond acceptors (Lipinski definition) is 4. The van der Waals surface area contributed by atoms with Crippen LogP contribution >= 0.6 is 0 Å². The highest BCUT2D eigenvalue weighted by atomic mass is 16.5. The molecule has 1 N–H and O–H groups in total. The highest BCUT2D eigenvalue weighted by molar-refractivity contribution is 6.05. The quantitative estimate of drug-likeness (QED) is 0.770. The van der Waals surface area contributed by atoms with Gasteiger partial charge < -0.3 is 10.1 Å². The van der Waals surface area contributed by atoms with Crippen molar-refractivity contribution in [1.82, 2.24) is 10.2 Å². The van der Waals surface area contributed by atoms with E-state index in [-0.39, 0.29) is 29.7 Å². The monoisotopic (exact) mass is 294 g/mol. The maximum Gasteiger partial charge on any atom is 0.233 e. The molecule has 2 heterocycles. The third kappa shape index (κ3) is 2.73. The Morgan fingerprint density at radius 3 is 2.48 bits per heavy atom. The summed E-state index contributed by atoms with van der Waals surface area (Å²) in [5, 5.41) is 3.44. The molecule has 2 aliphatic heterocycles. The van der Waals surface area contributed by atoms with E-state index >= 15 is 0 Å². The lowest BCUT2D eigenvalue weighted by Crippen LogP contribution is -2.48. The molecule has 3 fully saturated rings. The molecule has 0 aromatic rings. The Morgan fingerprint density at radius 2 is 1.95 bits per heavy atom. The number of likely N-dealkylation sites (tertiary alicyclic amines) is 1. The van der Waals surface area contributed by atoms with E-state index in [1.54, 1.807) is 0 Å². The lowest BCUT2D eigenvalue weighted by Gasteiger charge is -2.28. The van der Waals surface area contributed by atoms with Gasteiger partial charge in [-0.05, 0) is 31.7 Å². The minimum atomic E-state index is -0.0467. The zero-order valence-corrected chi connectivity index (χ0v) is 13.0. The van der Waals surface area contributed by atoms with Crippen LogP contribution in [0.2, 0.25) is 0 Å². The first-order valence-corrected chi connectivity index (χ1v) is 8.28. The van der Waals surface area contributed by atoms with Gasteiger partial charge in [-0.2, -0.15) is 0 Å². The smallest absolute Gasteiger partial charge is 0.233 e. The molecule has 0 aromatic heterocycles. The molecular formula is C16H26N2O3. The third-order valence-electron chi connectivity index (χ3n) is 5.34. The second-order valence-corrected chi connectivity index (χ2v) is 6.86. The second kappa shape index (κ2) is 6.05. The molecule has 2 saturated heterocycles. The van der Waals surface area contributed by atoms with Gasteiger partial charge >= 0.3 is 0 Å². The van der Waals surface area contributed by atoms with Crippen LogP contribution in [0.15, 0.2) is 0 Å². The zero-order valence-electron chi connectivity index (χ0n) is 13.0. The van der Waals surface area contributed by atoms with Crippen molar-refractivity contribution in [3.05, 3.63) is 0 Å². The Morgan fingerprint density at radius 1 is 1.29 bits per heavy atom. The van der Waals surface area contributed by atoms with Gasteiger partial charge in [0.25, 0.3) is 0 Å². The van der Waals surface area contributed by atoms with Crippen LogP contribution < -0.4 is 5.32 Å². The summed E-state index contributed by atoms with van der Waals surface area (Å²) in [6.45, 7) is 7.09. The molecule has 0 aromatic carbocycles. The van der Waals surface area contributed by atoms with Crippen molar-refractivity contribution in [2.45, 2.75) is 39.2 Å². The van der Waals surface area contributed by atoms with Gasteiger partial charge in [0, 0.05) is 25.1 Å².